The van der Waals surface area contributed by atoms with E-state index in [9.17, 15) is 0 Å². The fourth-order valence-electron chi connectivity index (χ4n) is 1.62. The van der Waals surface area contributed by atoms with Crippen molar-refractivity contribution in [3.8, 4) is 17.6 Å². The van der Waals surface area contributed by atoms with Crippen LogP contribution in [0.15, 0.2) is 18.2 Å². The molecule has 3 heteroatoms. The quantitative estimate of drug-likeness (QED) is 0.676. The molecule has 1 aromatic rings. The molecule has 0 saturated carbocycles. The number of methoxy groups -OCH3 is 1. The lowest BCUT2D eigenvalue weighted by molar-refractivity contribution is 0.284. The van der Waals surface area contributed by atoms with Gasteiger partial charge >= 0.3 is 0 Å². The van der Waals surface area contributed by atoms with Crippen molar-refractivity contribution in [1.29, 1.82) is 5.26 Å². The normalized spacial score (nSPS) is 9.71. The second kappa shape index (κ2) is 7.56. The van der Waals surface area contributed by atoms with E-state index in [4.69, 9.17) is 14.7 Å². The molecule has 0 aromatic heterocycles. The number of hydrogen-bond acceptors (Lipinski definition) is 3. The van der Waals surface area contributed by atoms with Gasteiger partial charge in [0, 0.05) is 0 Å². The maximum Gasteiger partial charge on any atom is 0.178 e. The van der Waals surface area contributed by atoms with Crippen LogP contribution >= 0.6 is 0 Å². The molecule has 92 valence electrons. The molecular formula is C14H19NO2. The number of benzene rings is 1. The molecule has 0 N–H and O–H groups in total. The first-order valence-electron chi connectivity index (χ1n) is 6.03. The van der Waals surface area contributed by atoms with Crippen molar-refractivity contribution in [1.82, 2.24) is 0 Å². The largest absolute Gasteiger partial charge is 0.493 e. The van der Waals surface area contributed by atoms with Crippen LogP contribution in [-0.4, -0.2) is 13.7 Å². The Labute approximate surface area is 103 Å². The van der Waals surface area contributed by atoms with Crippen molar-refractivity contribution in [3.05, 3.63) is 23.8 Å². The molecule has 17 heavy (non-hydrogen) atoms. The SMILES string of the molecule is CCCCCCOc1c(C#N)cccc1OC. The van der Waals surface area contributed by atoms with Gasteiger partial charge in [-0.2, -0.15) is 5.26 Å². The van der Waals surface area contributed by atoms with Crippen molar-refractivity contribution >= 4 is 0 Å². The molecule has 0 fully saturated rings. The first-order chi connectivity index (χ1) is 8.33. The first-order valence-corrected chi connectivity index (χ1v) is 6.03. The molecule has 0 heterocycles. The number of unbranched alkanes of at least 4 members (excludes halogenated alkanes) is 3. The minimum atomic E-state index is 0.528. The van der Waals surface area contributed by atoms with Gasteiger partial charge in [0.25, 0.3) is 0 Å². The fourth-order valence-corrected chi connectivity index (χ4v) is 1.62. The van der Waals surface area contributed by atoms with E-state index in [0.717, 1.165) is 12.8 Å². The summed E-state index contributed by atoms with van der Waals surface area (Å²) < 4.78 is 10.8. The Morgan fingerprint density at radius 1 is 1.24 bits per heavy atom. The van der Waals surface area contributed by atoms with E-state index in [1.54, 1.807) is 19.2 Å². The van der Waals surface area contributed by atoms with Crippen LogP contribution in [0.25, 0.3) is 0 Å². The molecule has 0 radical (unpaired) electrons. The van der Waals surface area contributed by atoms with Crippen molar-refractivity contribution < 1.29 is 9.47 Å². The lowest BCUT2D eigenvalue weighted by Gasteiger charge is -2.11. The number of nitriles is 1. The summed E-state index contributed by atoms with van der Waals surface area (Å²) in [6, 6.07) is 7.46. The molecule has 0 unspecified atom stereocenters. The summed E-state index contributed by atoms with van der Waals surface area (Å²) in [4.78, 5) is 0. The van der Waals surface area contributed by atoms with E-state index in [0.29, 0.717) is 23.7 Å². The minimum Gasteiger partial charge on any atom is -0.493 e. The minimum absolute atomic E-state index is 0.528. The smallest absolute Gasteiger partial charge is 0.178 e. The van der Waals surface area contributed by atoms with E-state index in [-0.39, 0.29) is 0 Å². The van der Waals surface area contributed by atoms with Crippen LogP contribution in [0.4, 0.5) is 0 Å². The van der Waals surface area contributed by atoms with Crippen LogP contribution in [0.5, 0.6) is 11.5 Å². The van der Waals surface area contributed by atoms with Crippen LogP contribution < -0.4 is 9.47 Å². The Morgan fingerprint density at radius 3 is 2.71 bits per heavy atom. The van der Waals surface area contributed by atoms with Gasteiger partial charge in [-0.25, -0.2) is 0 Å². The molecule has 1 aromatic carbocycles. The summed E-state index contributed by atoms with van der Waals surface area (Å²) in [5.41, 5.74) is 0.528. The van der Waals surface area contributed by atoms with Gasteiger partial charge in [0.2, 0.25) is 0 Å². The van der Waals surface area contributed by atoms with E-state index < -0.39 is 0 Å². The fraction of sp³-hybridized carbons (Fsp3) is 0.500. The first kappa shape index (κ1) is 13.4. The molecule has 0 aliphatic rings. The molecule has 0 bridgehead atoms. The Morgan fingerprint density at radius 2 is 2.06 bits per heavy atom. The van der Waals surface area contributed by atoms with Gasteiger partial charge in [0.15, 0.2) is 11.5 Å². The number of ether oxygens (including phenoxy) is 2. The average molecular weight is 233 g/mol. The van der Waals surface area contributed by atoms with Gasteiger partial charge in [-0.1, -0.05) is 32.3 Å². The van der Waals surface area contributed by atoms with E-state index >= 15 is 0 Å². The molecule has 0 saturated heterocycles. The summed E-state index contributed by atoms with van der Waals surface area (Å²) in [6.45, 7) is 2.81. The third-order valence-electron chi connectivity index (χ3n) is 2.56. The molecule has 0 aliphatic carbocycles. The summed E-state index contributed by atoms with van der Waals surface area (Å²) >= 11 is 0. The summed E-state index contributed by atoms with van der Waals surface area (Å²) in [5.74, 6) is 1.19. The van der Waals surface area contributed by atoms with E-state index in [1.165, 1.54) is 12.8 Å². The number of nitrogens with zero attached hydrogens (tertiary/aromatic N) is 1. The van der Waals surface area contributed by atoms with Crippen molar-refractivity contribution in [2.24, 2.45) is 0 Å². The Balaban J connectivity index is 2.59. The van der Waals surface area contributed by atoms with Crippen LogP contribution in [0.2, 0.25) is 0 Å². The highest BCUT2D eigenvalue weighted by atomic mass is 16.5. The lowest BCUT2D eigenvalue weighted by atomic mass is 10.2. The molecule has 0 aliphatic heterocycles. The van der Waals surface area contributed by atoms with Gasteiger partial charge in [-0.3, -0.25) is 0 Å². The topological polar surface area (TPSA) is 42.2 Å². The molecular weight excluding hydrogens is 214 g/mol. The third kappa shape index (κ3) is 3.99. The van der Waals surface area contributed by atoms with E-state index in [1.807, 2.05) is 6.07 Å². The van der Waals surface area contributed by atoms with Gasteiger partial charge in [0.1, 0.15) is 6.07 Å². The van der Waals surface area contributed by atoms with Gasteiger partial charge in [-0.05, 0) is 18.6 Å². The zero-order valence-corrected chi connectivity index (χ0v) is 10.5. The Bertz CT molecular complexity index is 382. The Kier molecular flexibility index (Phi) is 5.95. The Hall–Kier alpha value is -1.69. The van der Waals surface area contributed by atoms with Crippen LogP contribution in [-0.2, 0) is 0 Å². The summed E-state index contributed by atoms with van der Waals surface area (Å²) in [7, 11) is 1.58. The standard InChI is InChI=1S/C14H19NO2/c1-3-4-5-6-10-17-14-12(11-15)8-7-9-13(14)16-2/h7-9H,3-6,10H2,1-2H3. The van der Waals surface area contributed by atoms with Crippen molar-refractivity contribution in [3.63, 3.8) is 0 Å². The predicted molar refractivity (Wildman–Crippen MR) is 67.3 cm³/mol. The van der Waals surface area contributed by atoms with Crippen molar-refractivity contribution in [2.45, 2.75) is 32.6 Å². The van der Waals surface area contributed by atoms with E-state index in [2.05, 4.69) is 13.0 Å². The van der Waals surface area contributed by atoms with Crippen LogP contribution in [0.1, 0.15) is 38.2 Å². The molecule has 3 nitrogen and oxygen atoms in total. The molecule has 0 atom stereocenters. The molecule has 0 spiro atoms. The monoisotopic (exact) mass is 233 g/mol. The van der Waals surface area contributed by atoms with Crippen LogP contribution in [0, 0.1) is 11.3 Å². The van der Waals surface area contributed by atoms with Crippen molar-refractivity contribution in [2.75, 3.05) is 13.7 Å². The predicted octanol–water partition coefficient (Wildman–Crippen LogP) is 3.53. The maximum absolute atomic E-state index is 8.99. The number of rotatable bonds is 7. The third-order valence-corrected chi connectivity index (χ3v) is 2.56. The van der Waals surface area contributed by atoms with Gasteiger partial charge in [0.05, 0.1) is 19.3 Å². The van der Waals surface area contributed by atoms with Gasteiger partial charge < -0.3 is 9.47 Å². The summed E-state index contributed by atoms with van der Waals surface area (Å²) in [5, 5.41) is 8.99. The second-order valence-corrected chi connectivity index (χ2v) is 3.86. The summed E-state index contributed by atoms with van der Waals surface area (Å²) in [6.07, 6.45) is 4.60. The lowest BCUT2D eigenvalue weighted by Crippen LogP contribution is -2.01. The molecule has 0 amide bonds. The zero-order valence-electron chi connectivity index (χ0n) is 10.5. The maximum atomic E-state index is 8.99. The second-order valence-electron chi connectivity index (χ2n) is 3.86. The number of para-hydroxylation sites is 1. The van der Waals surface area contributed by atoms with Crippen LogP contribution in [0.3, 0.4) is 0 Å². The highest BCUT2D eigenvalue weighted by Gasteiger charge is 2.09. The van der Waals surface area contributed by atoms with Gasteiger partial charge in [-0.15, -0.1) is 0 Å². The average Bonchev–Trinajstić information content (AvgIpc) is 2.38. The molecule has 1 rings (SSSR count). The highest BCUT2D eigenvalue weighted by Crippen LogP contribution is 2.30. The number of hydrogen-bond donors (Lipinski definition) is 0. The zero-order chi connectivity index (χ0) is 12.5. The highest BCUT2D eigenvalue weighted by molar-refractivity contribution is 5.52.